The van der Waals surface area contributed by atoms with Crippen molar-refractivity contribution < 1.29 is 28.8 Å². The molecule has 1 fully saturated rings. The maximum atomic E-state index is 13.3. The van der Waals surface area contributed by atoms with E-state index in [1.54, 1.807) is 30.3 Å². The molecule has 0 spiro atoms. The second-order valence-corrected chi connectivity index (χ2v) is 7.00. The molecule has 4 rings (SSSR count). The summed E-state index contributed by atoms with van der Waals surface area (Å²) in [5, 5.41) is 11.2. The molecule has 3 atom stereocenters. The molecule has 1 aliphatic heterocycles. The highest BCUT2D eigenvalue weighted by Gasteiger charge is 2.89. The number of carbonyl (C=O) groups is 3. The Morgan fingerprint density at radius 3 is 2.46 bits per heavy atom. The highest BCUT2D eigenvalue weighted by molar-refractivity contribution is 6.20. The van der Waals surface area contributed by atoms with Crippen molar-refractivity contribution in [3.8, 4) is 5.75 Å². The van der Waals surface area contributed by atoms with Gasteiger partial charge in [0.1, 0.15) is 5.75 Å². The van der Waals surface area contributed by atoms with Gasteiger partial charge in [-0.05, 0) is 13.0 Å². The molecule has 0 N–H and O–H groups in total. The molecule has 0 amide bonds. The van der Waals surface area contributed by atoms with Crippen LogP contribution < -0.4 is 4.74 Å². The third-order valence-electron chi connectivity index (χ3n) is 5.80. The highest BCUT2D eigenvalue weighted by Crippen LogP contribution is 2.78. The fraction of sp³-hybridized carbons (Fsp3) is 0.250. The van der Waals surface area contributed by atoms with E-state index in [0.717, 1.165) is 7.11 Å². The molecular weight excluding hydrogens is 366 g/mol. The van der Waals surface area contributed by atoms with E-state index in [-0.39, 0.29) is 17.0 Å². The summed E-state index contributed by atoms with van der Waals surface area (Å²) >= 11 is 0. The Hall–Kier alpha value is -3.55. The van der Waals surface area contributed by atoms with Crippen LogP contribution in [0.25, 0.3) is 0 Å². The third-order valence-corrected chi connectivity index (χ3v) is 5.80. The molecular formula is C20H15NO7. The lowest BCUT2D eigenvalue weighted by Gasteiger charge is -2.21. The molecule has 0 aromatic heterocycles. The number of rotatable bonds is 4. The Morgan fingerprint density at radius 2 is 1.86 bits per heavy atom. The van der Waals surface area contributed by atoms with Crippen LogP contribution in [0.5, 0.6) is 5.75 Å². The van der Waals surface area contributed by atoms with Crippen LogP contribution in [0.2, 0.25) is 0 Å². The summed E-state index contributed by atoms with van der Waals surface area (Å²) in [5.74, 6) is -3.04. The van der Waals surface area contributed by atoms with E-state index in [4.69, 9.17) is 9.47 Å². The molecule has 28 heavy (non-hydrogen) atoms. The topological polar surface area (TPSA) is 113 Å². The number of methoxy groups -OCH3 is 1. The smallest absolute Gasteiger partial charge is 0.330 e. The Kier molecular flexibility index (Phi) is 3.65. The quantitative estimate of drug-likeness (QED) is 0.200. The minimum absolute atomic E-state index is 0.102. The highest BCUT2D eigenvalue weighted by atomic mass is 16.6. The number of nitrogens with zero attached hydrogens (tertiary/aromatic N) is 1. The first kappa shape index (κ1) is 17.8. The van der Waals surface area contributed by atoms with Gasteiger partial charge in [0.25, 0.3) is 5.69 Å². The number of hydrogen-bond donors (Lipinski definition) is 0. The first-order valence-corrected chi connectivity index (χ1v) is 8.49. The summed E-state index contributed by atoms with van der Waals surface area (Å²) in [6.45, 7) is 1.50. The van der Waals surface area contributed by atoms with E-state index in [0.29, 0.717) is 5.56 Å². The summed E-state index contributed by atoms with van der Waals surface area (Å²) in [7, 11) is 1.12. The number of ketones is 1. The largest absolute Gasteiger partial charge is 0.468 e. The van der Waals surface area contributed by atoms with E-state index in [1.807, 2.05) is 0 Å². The first-order valence-electron chi connectivity index (χ1n) is 8.49. The standard InChI is InChI=1S/C20H15NO7/c1-19(16(22)11-6-4-3-5-7-11)15-13-10-12(21(25)26)8-9-14(13)28-18(24)20(15,19)17(23)27-2/h3-10,15H,1-2H3/t15-,19-,20-/m0/s1. The van der Waals surface area contributed by atoms with Gasteiger partial charge in [-0.3, -0.25) is 24.5 Å². The molecule has 142 valence electrons. The molecule has 1 saturated carbocycles. The van der Waals surface area contributed by atoms with E-state index in [9.17, 15) is 24.5 Å². The Balaban J connectivity index is 1.94. The number of nitro groups is 1. The van der Waals surface area contributed by atoms with Gasteiger partial charge in [0, 0.05) is 29.2 Å². The number of ether oxygens (including phenoxy) is 2. The Bertz CT molecular complexity index is 1050. The predicted octanol–water partition coefficient (Wildman–Crippen LogP) is 2.66. The third kappa shape index (κ3) is 1.97. The number of nitro benzene ring substituents is 1. The van der Waals surface area contributed by atoms with Gasteiger partial charge in [-0.2, -0.15) is 0 Å². The normalized spacial score (nSPS) is 27.1. The Labute approximate surface area is 159 Å². The maximum absolute atomic E-state index is 13.3. The zero-order chi connectivity index (χ0) is 20.3. The average Bonchev–Trinajstić information content (AvgIpc) is 3.30. The van der Waals surface area contributed by atoms with Crippen molar-refractivity contribution >= 4 is 23.4 Å². The molecule has 2 aromatic rings. The van der Waals surface area contributed by atoms with E-state index < -0.39 is 39.4 Å². The zero-order valence-corrected chi connectivity index (χ0v) is 15.0. The summed E-state index contributed by atoms with van der Waals surface area (Å²) < 4.78 is 10.2. The lowest BCUT2D eigenvalue weighted by atomic mass is 9.87. The van der Waals surface area contributed by atoms with Crippen LogP contribution in [0.1, 0.15) is 28.8 Å². The molecule has 0 saturated heterocycles. The Morgan fingerprint density at radius 1 is 1.18 bits per heavy atom. The van der Waals surface area contributed by atoms with Crippen molar-refractivity contribution in [2.75, 3.05) is 7.11 Å². The van der Waals surface area contributed by atoms with Gasteiger partial charge in [-0.1, -0.05) is 30.3 Å². The van der Waals surface area contributed by atoms with E-state index in [1.165, 1.54) is 25.1 Å². The van der Waals surface area contributed by atoms with Crippen LogP contribution in [-0.2, 0) is 14.3 Å². The van der Waals surface area contributed by atoms with Crippen LogP contribution in [0.15, 0.2) is 48.5 Å². The second kappa shape index (κ2) is 5.72. The molecule has 8 heteroatoms. The van der Waals surface area contributed by atoms with Crippen molar-refractivity contribution in [3.63, 3.8) is 0 Å². The van der Waals surface area contributed by atoms with Crippen LogP contribution in [0.4, 0.5) is 5.69 Å². The van der Waals surface area contributed by atoms with E-state index >= 15 is 0 Å². The fourth-order valence-corrected chi connectivity index (χ4v) is 4.42. The summed E-state index contributed by atoms with van der Waals surface area (Å²) in [6, 6.07) is 12.0. The van der Waals surface area contributed by atoms with Gasteiger partial charge in [0.15, 0.2) is 11.2 Å². The van der Waals surface area contributed by atoms with Gasteiger partial charge in [-0.15, -0.1) is 0 Å². The zero-order valence-electron chi connectivity index (χ0n) is 15.0. The van der Waals surface area contributed by atoms with Crippen LogP contribution >= 0.6 is 0 Å². The SMILES string of the molecule is COC(=O)[C@]12C(=O)Oc3ccc([N+](=O)[O-])cc3[C@H]1[C@@]2(C)C(=O)c1ccccc1. The first-order chi connectivity index (χ1) is 13.3. The van der Waals surface area contributed by atoms with Crippen molar-refractivity contribution in [3.05, 3.63) is 69.8 Å². The molecule has 0 radical (unpaired) electrons. The van der Waals surface area contributed by atoms with Crippen molar-refractivity contribution in [1.29, 1.82) is 0 Å². The number of hydrogen-bond acceptors (Lipinski definition) is 7. The molecule has 1 aliphatic carbocycles. The number of benzene rings is 2. The van der Waals surface area contributed by atoms with Crippen LogP contribution in [0.3, 0.4) is 0 Å². The lowest BCUT2D eigenvalue weighted by Crippen LogP contribution is -2.39. The van der Waals surface area contributed by atoms with Crippen molar-refractivity contribution in [2.45, 2.75) is 12.8 Å². The maximum Gasteiger partial charge on any atom is 0.330 e. The van der Waals surface area contributed by atoms with Crippen molar-refractivity contribution in [2.24, 2.45) is 10.8 Å². The minimum Gasteiger partial charge on any atom is -0.468 e. The number of fused-ring (bicyclic) bond motifs is 3. The van der Waals surface area contributed by atoms with Gasteiger partial charge >= 0.3 is 11.9 Å². The summed E-state index contributed by atoms with van der Waals surface area (Å²) in [6.07, 6.45) is 0. The lowest BCUT2D eigenvalue weighted by molar-refractivity contribution is -0.385. The van der Waals surface area contributed by atoms with Crippen LogP contribution in [-0.4, -0.2) is 29.8 Å². The molecule has 0 bridgehead atoms. The minimum atomic E-state index is -1.88. The summed E-state index contributed by atoms with van der Waals surface area (Å²) in [4.78, 5) is 49.5. The average molecular weight is 381 g/mol. The molecule has 2 aliphatic rings. The summed E-state index contributed by atoms with van der Waals surface area (Å²) in [5.41, 5.74) is -3.00. The number of esters is 2. The number of non-ortho nitro benzene ring substituents is 1. The van der Waals surface area contributed by atoms with Gasteiger partial charge in [-0.25, -0.2) is 0 Å². The molecule has 2 aromatic carbocycles. The van der Waals surface area contributed by atoms with Gasteiger partial charge in [0.05, 0.1) is 17.4 Å². The second-order valence-electron chi connectivity index (χ2n) is 7.00. The van der Waals surface area contributed by atoms with Crippen molar-refractivity contribution in [1.82, 2.24) is 0 Å². The van der Waals surface area contributed by atoms with E-state index in [2.05, 4.69) is 0 Å². The van der Waals surface area contributed by atoms with Gasteiger partial charge in [0.2, 0.25) is 0 Å². The predicted molar refractivity (Wildman–Crippen MR) is 94.8 cm³/mol. The fourth-order valence-electron chi connectivity index (χ4n) is 4.42. The van der Waals surface area contributed by atoms with Crippen LogP contribution in [0, 0.1) is 20.9 Å². The van der Waals surface area contributed by atoms with Gasteiger partial charge < -0.3 is 9.47 Å². The molecule has 1 heterocycles. The number of carbonyl (C=O) groups excluding carboxylic acids is 3. The monoisotopic (exact) mass is 381 g/mol. The number of Topliss-reactive ketones (excluding diaryl/α,β-unsaturated/α-hetero) is 1. The molecule has 0 unspecified atom stereocenters. The molecule has 8 nitrogen and oxygen atoms in total.